The SMILES string of the molecule is CCCCCCCCC(=O)C1=CC(=O)C(C(=O)CCCCCCCC)=CC1=O. The van der Waals surface area contributed by atoms with E-state index in [4.69, 9.17) is 0 Å². The number of hydrogen-bond donors (Lipinski definition) is 0. The minimum absolute atomic E-state index is 0.0605. The standard InChI is InChI=1S/C24H36O4/c1-3-5-7-9-11-13-15-21(25)19-17-24(28)20(18-23(19)27)22(26)16-14-12-10-8-6-4-2/h17-18H,3-16H2,1-2H3. The lowest BCUT2D eigenvalue weighted by Crippen LogP contribution is -2.22. The molecule has 0 saturated heterocycles. The molecule has 0 aromatic rings. The van der Waals surface area contributed by atoms with Crippen LogP contribution in [-0.4, -0.2) is 23.1 Å². The molecule has 0 aromatic heterocycles. The summed E-state index contributed by atoms with van der Waals surface area (Å²) in [6.45, 7) is 4.31. The van der Waals surface area contributed by atoms with E-state index in [1.807, 2.05) is 0 Å². The van der Waals surface area contributed by atoms with Crippen molar-refractivity contribution in [2.75, 3.05) is 0 Å². The summed E-state index contributed by atoms with van der Waals surface area (Å²) in [6.07, 6.45) is 15.4. The van der Waals surface area contributed by atoms with Gasteiger partial charge in [0, 0.05) is 25.0 Å². The van der Waals surface area contributed by atoms with E-state index in [1.165, 1.54) is 25.7 Å². The highest BCUT2D eigenvalue weighted by Crippen LogP contribution is 2.19. The fraction of sp³-hybridized carbons (Fsp3) is 0.667. The Kier molecular flexibility index (Phi) is 12.3. The molecule has 0 spiro atoms. The van der Waals surface area contributed by atoms with E-state index in [-0.39, 0.29) is 35.6 Å². The number of unbranched alkanes of at least 4 members (excludes halogenated alkanes) is 10. The third-order valence-electron chi connectivity index (χ3n) is 5.20. The molecule has 4 nitrogen and oxygen atoms in total. The van der Waals surface area contributed by atoms with Crippen LogP contribution in [0.3, 0.4) is 0 Å². The van der Waals surface area contributed by atoms with E-state index in [1.54, 1.807) is 0 Å². The third-order valence-corrected chi connectivity index (χ3v) is 5.20. The Morgan fingerprint density at radius 2 is 0.893 bits per heavy atom. The molecule has 0 amide bonds. The molecule has 0 fully saturated rings. The molecule has 4 heteroatoms. The second-order valence-corrected chi connectivity index (χ2v) is 7.73. The molecular formula is C24H36O4. The van der Waals surface area contributed by atoms with Crippen LogP contribution in [0.1, 0.15) is 104 Å². The quantitative estimate of drug-likeness (QED) is 0.195. The van der Waals surface area contributed by atoms with Gasteiger partial charge in [-0.25, -0.2) is 0 Å². The number of Topliss-reactive ketones (excluding diaryl/α,β-unsaturated/α-hetero) is 2. The first-order chi connectivity index (χ1) is 13.5. The summed E-state index contributed by atoms with van der Waals surface area (Å²) in [4.78, 5) is 49.0. The summed E-state index contributed by atoms with van der Waals surface area (Å²) >= 11 is 0. The highest BCUT2D eigenvalue weighted by atomic mass is 16.2. The molecular weight excluding hydrogens is 352 g/mol. The van der Waals surface area contributed by atoms with Crippen LogP contribution >= 0.6 is 0 Å². The van der Waals surface area contributed by atoms with Gasteiger partial charge >= 0.3 is 0 Å². The smallest absolute Gasteiger partial charge is 0.190 e. The predicted molar refractivity (Wildman–Crippen MR) is 112 cm³/mol. The first kappa shape index (κ1) is 24.2. The number of carbonyl (C=O) groups is 4. The lowest BCUT2D eigenvalue weighted by atomic mass is 9.89. The predicted octanol–water partition coefficient (Wildman–Crippen LogP) is 5.63. The highest BCUT2D eigenvalue weighted by Gasteiger charge is 2.27. The molecule has 1 aliphatic rings. The highest BCUT2D eigenvalue weighted by molar-refractivity contribution is 6.37. The molecule has 0 saturated carbocycles. The molecule has 28 heavy (non-hydrogen) atoms. The van der Waals surface area contributed by atoms with Crippen LogP contribution in [0.5, 0.6) is 0 Å². The first-order valence-electron chi connectivity index (χ1n) is 11.1. The number of carbonyl (C=O) groups excluding carboxylic acids is 4. The summed E-state index contributed by atoms with van der Waals surface area (Å²) in [5, 5.41) is 0. The van der Waals surface area contributed by atoms with Crippen molar-refractivity contribution in [3.8, 4) is 0 Å². The van der Waals surface area contributed by atoms with E-state index in [0.29, 0.717) is 0 Å². The Labute approximate surface area is 169 Å². The molecule has 1 aliphatic carbocycles. The summed E-state index contributed by atoms with van der Waals surface area (Å²) in [6, 6.07) is 0. The molecule has 1 rings (SSSR count). The molecule has 0 radical (unpaired) electrons. The Morgan fingerprint density at radius 1 is 0.571 bits per heavy atom. The Balaban J connectivity index is 2.42. The molecule has 0 atom stereocenters. The van der Waals surface area contributed by atoms with Crippen molar-refractivity contribution in [3.63, 3.8) is 0 Å². The monoisotopic (exact) mass is 388 g/mol. The topological polar surface area (TPSA) is 68.3 Å². The van der Waals surface area contributed by atoms with Gasteiger partial charge in [0.15, 0.2) is 23.1 Å². The minimum Gasteiger partial charge on any atom is -0.294 e. The Hall–Kier alpha value is -1.84. The average molecular weight is 389 g/mol. The van der Waals surface area contributed by atoms with E-state index in [2.05, 4.69) is 13.8 Å². The number of hydrogen-bond acceptors (Lipinski definition) is 4. The maximum Gasteiger partial charge on any atom is 0.190 e. The van der Waals surface area contributed by atoms with Crippen molar-refractivity contribution >= 4 is 23.1 Å². The molecule has 156 valence electrons. The van der Waals surface area contributed by atoms with Gasteiger partial charge in [-0.3, -0.25) is 19.2 Å². The van der Waals surface area contributed by atoms with Gasteiger partial charge < -0.3 is 0 Å². The lowest BCUT2D eigenvalue weighted by molar-refractivity contribution is -0.123. The third kappa shape index (κ3) is 8.90. The van der Waals surface area contributed by atoms with Crippen LogP contribution in [0.25, 0.3) is 0 Å². The van der Waals surface area contributed by atoms with Crippen LogP contribution in [0.2, 0.25) is 0 Å². The van der Waals surface area contributed by atoms with Gasteiger partial charge in [0.05, 0.1) is 11.1 Å². The fourth-order valence-corrected chi connectivity index (χ4v) is 3.40. The van der Waals surface area contributed by atoms with E-state index >= 15 is 0 Å². The van der Waals surface area contributed by atoms with Gasteiger partial charge in [0.2, 0.25) is 0 Å². The molecule has 0 aliphatic heterocycles. The van der Waals surface area contributed by atoms with Gasteiger partial charge in [-0.1, -0.05) is 78.1 Å². The molecule has 0 heterocycles. The fourth-order valence-electron chi connectivity index (χ4n) is 3.40. The average Bonchev–Trinajstić information content (AvgIpc) is 2.68. The summed E-state index contributed by atoms with van der Waals surface area (Å²) in [5.74, 6) is -1.57. The van der Waals surface area contributed by atoms with E-state index in [0.717, 1.165) is 63.5 Å². The van der Waals surface area contributed by atoms with Crippen LogP contribution < -0.4 is 0 Å². The van der Waals surface area contributed by atoms with Gasteiger partial charge in [-0.2, -0.15) is 0 Å². The van der Waals surface area contributed by atoms with Crippen LogP contribution in [0.15, 0.2) is 23.3 Å². The van der Waals surface area contributed by atoms with Crippen molar-refractivity contribution < 1.29 is 19.2 Å². The summed E-state index contributed by atoms with van der Waals surface area (Å²) in [5.41, 5.74) is -0.121. The lowest BCUT2D eigenvalue weighted by Gasteiger charge is -2.11. The van der Waals surface area contributed by atoms with Crippen molar-refractivity contribution in [1.82, 2.24) is 0 Å². The summed E-state index contributed by atoms with van der Waals surface area (Å²) < 4.78 is 0. The zero-order valence-corrected chi connectivity index (χ0v) is 17.7. The molecule has 0 N–H and O–H groups in total. The zero-order chi connectivity index (χ0) is 20.8. The Morgan fingerprint density at radius 3 is 1.25 bits per heavy atom. The van der Waals surface area contributed by atoms with E-state index < -0.39 is 11.6 Å². The van der Waals surface area contributed by atoms with Crippen LogP contribution in [-0.2, 0) is 19.2 Å². The van der Waals surface area contributed by atoms with Crippen molar-refractivity contribution in [2.45, 2.75) is 104 Å². The van der Waals surface area contributed by atoms with Gasteiger partial charge in [0.1, 0.15) is 0 Å². The largest absolute Gasteiger partial charge is 0.294 e. The van der Waals surface area contributed by atoms with Gasteiger partial charge in [-0.15, -0.1) is 0 Å². The van der Waals surface area contributed by atoms with Gasteiger partial charge in [-0.05, 0) is 12.8 Å². The maximum atomic E-state index is 12.3. The maximum absolute atomic E-state index is 12.3. The van der Waals surface area contributed by atoms with Crippen LogP contribution in [0, 0.1) is 0 Å². The molecule has 0 unspecified atom stereocenters. The number of rotatable bonds is 16. The van der Waals surface area contributed by atoms with Crippen molar-refractivity contribution in [1.29, 1.82) is 0 Å². The molecule has 0 bridgehead atoms. The van der Waals surface area contributed by atoms with Crippen molar-refractivity contribution in [2.24, 2.45) is 0 Å². The second kappa shape index (κ2) is 14.2. The van der Waals surface area contributed by atoms with Crippen molar-refractivity contribution in [3.05, 3.63) is 23.3 Å². The van der Waals surface area contributed by atoms with Crippen LogP contribution in [0.4, 0.5) is 0 Å². The number of ketones is 4. The normalized spacial score (nSPS) is 14.1. The second-order valence-electron chi connectivity index (χ2n) is 7.73. The Bertz CT molecular complexity index is 556. The molecule has 0 aromatic carbocycles. The number of allylic oxidation sites excluding steroid dienone is 4. The minimum atomic E-state index is -0.498. The summed E-state index contributed by atoms with van der Waals surface area (Å²) in [7, 11) is 0. The van der Waals surface area contributed by atoms with Gasteiger partial charge in [0.25, 0.3) is 0 Å². The zero-order valence-electron chi connectivity index (χ0n) is 17.7. The van der Waals surface area contributed by atoms with E-state index in [9.17, 15) is 19.2 Å². The first-order valence-corrected chi connectivity index (χ1v) is 11.1.